The number of fused-ring (bicyclic) bond motifs is 1. The van der Waals surface area contributed by atoms with Crippen molar-refractivity contribution in [2.75, 3.05) is 17.4 Å². The third-order valence-electron chi connectivity index (χ3n) is 3.79. The zero-order chi connectivity index (χ0) is 16.4. The van der Waals surface area contributed by atoms with Crippen LogP contribution >= 0.6 is 0 Å². The Balaban J connectivity index is 1.65. The largest absolute Gasteiger partial charge is 0.454 e. The van der Waals surface area contributed by atoms with Gasteiger partial charge < -0.3 is 20.1 Å². The second-order valence-corrected chi connectivity index (χ2v) is 5.74. The topological polar surface area (TPSA) is 59.6 Å². The van der Waals surface area contributed by atoms with Crippen molar-refractivity contribution in [1.82, 2.24) is 0 Å². The number of aryl methyl sites for hydroxylation is 2. The fourth-order valence-corrected chi connectivity index (χ4v) is 2.50. The zero-order valence-corrected chi connectivity index (χ0v) is 13.5. The summed E-state index contributed by atoms with van der Waals surface area (Å²) in [7, 11) is 0. The number of carbonyl (C=O) groups excluding carboxylic acids is 1. The summed E-state index contributed by atoms with van der Waals surface area (Å²) in [5, 5.41) is 6.13. The fraction of sp³-hybridized carbons (Fsp3) is 0.278. The summed E-state index contributed by atoms with van der Waals surface area (Å²) in [6.07, 6.45) is 0. The maximum absolute atomic E-state index is 12.3. The average molecular weight is 312 g/mol. The molecule has 3 rings (SSSR count). The Labute approximate surface area is 135 Å². The first-order chi connectivity index (χ1) is 11.0. The molecule has 2 aromatic rings. The number of rotatable bonds is 4. The normalized spacial score (nSPS) is 13.5. The molecule has 0 bridgehead atoms. The SMILES string of the molecule is Cc1ccc(NC(C)C(=O)Nc2ccc3c(c2)OCO3)c(C)c1. The molecule has 1 atom stereocenters. The lowest BCUT2D eigenvalue weighted by Gasteiger charge is -2.17. The maximum atomic E-state index is 12.3. The van der Waals surface area contributed by atoms with Gasteiger partial charge in [0.2, 0.25) is 12.7 Å². The van der Waals surface area contributed by atoms with Crippen LogP contribution in [0.1, 0.15) is 18.1 Å². The van der Waals surface area contributed by atoms with E-state index in [1.165, 1.54) is 5.56 Å². The van der Waals surface area contributed by atoms with Gasteiger partial charge in [-0.2, -0.15) is 0 Å². The van der Waals surface area contributed by atoms with Crippen molar-refractivity contribution in [3.05, 3.63) is 47.5 Å². The number of ether oxygens (including phenoxy) is 2. The highest BCUT2D eigenvalue weighted by Gasteiger charge is 2.17. The molecule has 0 spiro atoms. The molecule has 23 heavy (non-hydrogen) atoms. The van der Waals surface area contributed by atoms with E-state index in [0.717, 1.165) is 11.3 Å². The van der Waals surface area contributed by atoms with Crippen LogP contribution in [0.5, 0.6) is 11.5 Å². The van der Waals surface area contributed by atoms with Crippen LogP contribution in [0.4, 0.5) is 11.4 Å². The first kappa shape index (κ1) is 15.2. The molecular weight excluding hydrogens is 292 g/mol. The van der Waals surface area contributed by atoms with Crippen molar-refractivity contribution in [2.24, 2.45) is 0 Å². The highest BCUT2D eigenvalue weighted by molar-refractivity contribution is 5.96. The molecule has 2 aromatic carbocycles. The van der Waals surface area contributed by atoms with E-state index in [0.29, 0.717) is 17.2 Å². The van der Waals surface area contributed by atoms with Crippen LogP contribution in [0.3, 0.4) is 0 Å². The van der Waals surface area contributed by atoms with Crippen LogP contribution in [0.15, 0.2) is 36.4 Å². The lowest BCUT2D eigenvalue weighted by molar-refractivity contribution is -0.116. The van der Waals surface area contributed by atoms with Crippen molar-refractivity contribution in [1.29, 1.82) is 0 Å². The van der Waals surface area contributed by atoms with Gasteiger partial charge in [-0.1, -0.05) is 17.7 Å². The van der Waals surface area contributed by atoms with E-state index >= 15 is 0 Å². The monoisotopic (exact) mass is 312 g/mol. The molecule has 0 saturated heterocycles. The number of carbonyl (C=O) groups is 1. The van der Waals surface area contributed by atoms with Crippen LogP contribution in [0.25, 0.3) is 0 Å². The molecule has 0 radical (unpaired) electrons. The molecule has 0 aliphatic carbocycles. The predicted molar refractivity (Wildman–Crippen MR) is 90.2 cm³/mol. The minimum absolute atomic E-state index is 0.108. The molecule has 0 fully saturated rings. The van der Waals surface area contributed by atoms with Gasteiger partial charge in [0, 0.05) is 17.4 Å². The van der Waals surface area contributed by atoms with E-state index in [1.807, 2.05) is 32.9 Å². The lowest BCUT2D eigenvalue weighted by atomic mass is 10.1. The summed E-state index contributed by atoms with van der Waals surface area (Å²) in [5.41, 5.74) is 3.97. The number of hydrogen-bond acceptors (Lipinski definition) is 4. The van der Waals surface area contributed by atoms with Crippen molar-refractivity contribution < 1.29 is 14.3 Å². The lowest BCUT2D eigenvalue weighted by Crippen LogP contribution is -2.32. The zero-order valence-electron chi connectivity index (χ0n) is 13.5. The van der Waals surface area contributed by atoms with Crippen molar-refractivity contribution in [2.45, 2.75) is 26.8 Å². The minimum Gasteiger partial charge on any atom is -0.454 e. The minimum atomic E-state index is -0.359. The Morgan fingerprint density at radius 1 is 1.09 bits per heavy atom. The van der Waals surface area contributed by atoms with Gasteiger partial charge in [0.25, 0.3) is 0 Å². The van der Waals surface area contributed by atoms with Crippen LogP contribution in [-0.2, 0) is 4.79 Å². The van der Waals surface area contributed by atoms with Gasteiger partial charge in [0.1, 0.15) is 6.04 Å². The Hall–Kier alpha value is -2.69. The summed E-state index contributed by atoms with van der Waals surface area (Å²) < 4.78 is 10.6. The Morgan fingerprint density at radius 3 is 2.65 bits per heavy atom. The predicted octanol–water partition coefficient (Wildman–Crippen LogP) is 3.47. The van der Waals surface area contributed by atoms with Crippen molar-refractivity contribution in [3.8, 4) is 11.5 Å². The van der Waals surface area contributed by atoms with Gasteiger partial charge in [-0.05, 0) is 44.5 Å². The van der Waals surface area contributed by atoms with E-state index in [1.54, 1.807) is 18.2 Å². The van der Waals surface area contributed by atoms with Crippen molar-refractivity contribution >= 4 is 17.3 Å². The first-order valence-electron chi connectivity index (χ1n) is 7.57. The Bertz CT molecular complexity index is 743. The number of anilines is 2. The van der Waals surface area contributed by atoms with Crippen LogP contribution < -0.4 is 20.1 Å². The molecule has 2 N–H and O–H groups in total. The Morgan fingerprint density at radius 2 is 1.87 bits per heavy atom. The molecule has 1 amide bonds. The summed E-state index contributed by atoms with van der Waals surface area (Å²) in [6.45, 7) is 6.13. The van der Waals surface area contributed by atoms with E-state index < -0.39 is 0 Å². The van der Waals surface area contributed by atoms with Crippen LogP contribution in [-0.4, -0.2) is 18.7 Å². The second-order valence-electron chi connectivity index (χ2n) is 5.74. The van der Waals surface area contributed by atoms with E-state index in [9.17, 15) is 4.79 Å². The van der Waals surface area contributed by atoms with Gasteiger partial charge in [0.15, 0.2) is 11.5 Å². The standard InChI is InChI=1S/C18H20N2O3/c1-11-4-6-15(12(2)8-11)19-13(3)18(21)20-14-5-7-16-17(9-14)23-10-22-16/h4-9,13,19H,10H2,1-3H3,(H,20,21). The third-order valence-corrected chi connectivity index (χ3v) is 3.79. The smallest absolute Gasteiger partial charge is 0.246 e. The van der Waals surface area contributed by atoms with Crippen molar-refractivity contribution in [3.63, 3.8) is 0 Å². The summed E-state index contributed by atoms with van der Waals surface area (Å²) in [4.78, 5) is 12.3. The van der Waals surface area contributed by atoms with Gasteiger partial charge in [-0.25, -0.2) is 0 Å². The highest BCUT2D eigenvalue weighted by atomic mass is 16.7. The molecule has 1 heterocycles. The van der Waals surface area contributed by atoms with Crippen LogP contribution in [0.2, 0.25) is 0 Å². The molecule has 5 heteroatoms. The molecule has 1 unspecified atom stereocenters. The average Bonchev–Trinajstić information content (AvgIpc) is 2.97. The van der Waals surface area contributed by atoms with Gasteiger partial charge in [0.05, 0.1) is 0 Å². The number of hydrogen-bond donors (Lipinski definition) is 2. The molecule has 1 aliphatic rings. The summed E-state index contributed by atoms with van der Waals surface area (Å²) in [6, 6.07) is 11.1. The molecule has 120 valence electrons. The number of nitrogens with one attached hydrogen (secondary N) is 2. The second kappa shape index (κ2) is 6.20. The Kier molecular flexibility index (Phi) is 4.10. The summed E-state index contributed by atoms with van der Waals surface area (Å²) in [5.74, 6) is 1.24. The third kappa shape index (κ3) is 3.39. The number of amides is 1. The highest BCUT2D eigenvalue weighted by Crippen LogP contribution is 2.34. The van der Waals surface area contributed by atoms with E-state index in [4.69, 9.17) is 9.47 Å². The summed E-state index contributed by atoms with van der Waals surface area (Å²) >= 11 is 0. The molecular formula is C18H20N2O3. The van der Waals surface area contributed by atoms with Gasteiger partial charge in [-0.3, -0.25) is 4.79 Å². The van der Waals surface area contributed by atoms with Crippen LogP contribution in [0, 0.1) is 13.8 Å². The fourth-order valence-electron chi connectivity index (χ4n) is 2.50. The maximum Gasteiger partial charge on any atom is 0.246 e. The molecule has 5 nitrogen and oxygen atoms in total. The van der Waals surface area contributed by atoms with Gasteiger partial charge in [-0.15, -0.1) is 0 Å². The molecule has 0 aromatic heterocycles. The number of benzene rings is 2. The van der Waals surface area contributed by atoms with Gasteiger partial charge >= 0.3 is 0 Å². The van der Waals surface area contributed by atoms with E-state index in [2.05, 4.69) is 16.7 Å². The first-order valence-corrected chi connectivity index (χ1v) is 7.57. The molecule has 0 saturated carbocycles. The quantitative estimate of drug-likeness (QED) is 0.907. The van der Waals surface area contributed by atoms with E-state index in [-0.39, 0.29) is 18.7 Å². The molecule has 1 aliphatic heterocycles.